The van der Waals surface area contributed by atoms with Gasteiger partial charge in [-0.1, -0.05) is 0 Å². The van der Waals surface area contributed by atoms with Crippen LogP contribution in [0.5, 0.6) is 0 Å². The van der Waals surface area contributed by atoms with Gasteiger partial charge < -0.3 is 11.1 Å². The topological polar surface area (TPSA) is 96.7 Å². The molecule has 6 nitrogen and oxygen atoms in total. The van der Waals surface area contributed by atoms with Crippen LogP contribution in [0.25, 0.3) is 0 Å². The molecule has 6 heteroatoms. The van der Waals surface area contributed by atoms with Gasteiger partial charge in [0.15, 0.2) is 0 Å². The zero-order valence-electron chi connectivity index (χ0n) is 9.79. The molecule has 0 fully saturated rings. The summed E-state index contributed by atoms with van der Waals surface area (Å²) in [7, 11) is 0. The smallest absolute Gasteiger partial charge is 0.220 e. The second-order valence-electron chi connectivity index (χ2n) is 4.52. The Labute approximate surface area is 95.0 Å². The van der Waals surface area contributed by atoms with Crippen molar-refractivity contribution in [2.45, 2.75) is 38.6 Å². The minimum atomic E-state index is -0.289. The van der Waals surface area contributed by atoms with E-state index in [-0.39, 0.29) is 11.4 Å². The van der Waals surface area contributed by atoms with E-state index in [1.165, 1.54) is 6.33 Å². The molecule has 0 bridgehead atoms. The van der Waals surface area contributed by atoms with E-state index >= 15 is 0 Å². The number of nitrogens with one attached hydrogen (secondary N) is 2. The van der Waals surface area contributed by atoms with Crippen LogP contribution in [0.2, 0.25) is 0 Å². The molecule has 1 amide bonds. The van der Waals surface area contributed by atoms with E-state index in [4.69, 9.17) is 5.73 Å². The fraction of sp³-hybridized carbons (Fsp3) is 0.700. The largest absolute Gasteiger partial charge is 0.356 e. The second-order valence-corrected chi connectivity index (χ2v) is 4.52. The number of nitrogens with two attached hydrogens (primary N) is 1. The number of carbonyl (C=O) groups excluding carboxylic acids is 1. The number of H-pyrrole nitrogens is 1. The number of aromatic amines is 1. The van der Waals surface area contributed by atoms with E-state index < -0.39 is 0 Å². The molecule has 1 rings (SSSR count). The number of aromatic nitrogens is 3. The van der Waals surface area contributed by atoms with Gasteiger partial charge in [0, 0.05) is 24.9 Å². The van der Waals surface area contributed by atoms with Crippen LogP contribution in [0.1, 0.15) is 32.5 Å². The highest BCUT2D eigenvalue weighted by Crippen LogP contribution is 2.06. The van der Waals surface area contributed by atoms with Crippen LogP contribution in [0, 0.1) is 0 Å². The number of hydrogen-bond donors (Lipinski definition) is 3. The Kier molecular flexibility index (Phi) is 4.42. The minimum absolute atomic E-state index is 0.0260. The molecule has 0 radical (unpaired) electrons. The molecule has 0 unspecified atom stereocenters. The summed E-state index contributed by atoms with van der Waals surface area (Å²) in [5.74, 6) is 0.803. The predicted molar refractivity (Wildman–Crippen MR) is 60.6 cm³/mol. The SMILES string of the molecule is CC(C)(N)CCC(=O)NCCc1ncn[nH]1. The van der Waals surface area contributed by atoms with E-state index in [9.17, 15) is 4.79 Å². The van der Waals surface area contributed by atoms with Crippen LogP contribution in [0.15, 0.2) is 6.33 Å². The fourth-order valence-electron chi connectivity index (χ4n) is 1.20. The van der Waals surface area contributed by atoms with Crippen molar-refractivity contribution >= 4 is 5.91 Å². The first kappa shape index (κ1) is 12.6. The van der Waals surface area contributed by atoms with Gasteiger partial charge in [-0.25, -0.2) is 4.98 Å². The van der Waals surface area contributed by atoms with Gasteiger partial charge >= 0.3 is 0 Å². The normalized spacial score (nSPS) is 11.4. The molecule has 16 heavy (non-hydrogen) atoms. The summed E-state index contributed by atoms with van der Waals surface area (Å²) >= 11 is 0. The monoisotopic (exact) mass is 225 g/mol. The molecule has 0 saturated carbocycles. The first-order valence-corrected chi connectivity index (χ1v) is 5.37. The Hall–Kier alpha value is -1.43. The summed E-state index contributed by atoms with van der Waals surface area (Å²) in [4.78, 5) is 15.4. The zero-order chi connectivity index (χ0) is 12.0. The summed E-state index contributed by atoms with van der Waals surface area (Å²) in [6.07, 6.45) is 3.26. The third-order valence-electron chi connectivity index (χ3n) is 2.15. The van der Waals surface area contributed by atoms with Crippen molar-refractivity contribution in [3.8, 4) is 0 Å². The molecule has 0 aliphatic heterocycles. The summed E-state index contributed by atoms with van der Waals surface area (Å²) in [6.45, 7) is 4.39. The Morgan fingerprint density at radius 2 is 2.38 bits per heavy atom. The van der Waals surface area contributed by atoms with Gasteiger partial charge in [0.1, 0.15) is 12.2 Å². The predicted octanol–water partition coefficient (Wildman–Crippen LogP) is -0.0191. The number of amides is 1. The van der Waals surface area contributed by atoms with E-state index in [0.717, 1.165) is 5.82 Å². The summed E-state index contributed by atoms with van der Waals surface area (Å²) in [5, 5.41) is 9.27. The number of carbonyl (C=O) groups is 1. The molecule has 0 atom stereocenters. The maximum Gasteiger partial charge on any atom is 0.220 e. The summed E-state index contributed by atoms with van der Waals surface area (Å²) in [6, 6.07) is 0. The molecule has 0 spiro atoms. The molecule has 0 aromatic carbocycles. The maximum absolute atomic E-state index is 11.4. The number of nitrogens with zero attached hydrogens (tertiary/aromatic N) is 2. The van der Waals surface area contributed by atoms with Gasteiger partial charge in [-0.3, -0.25) is 9.89 Å². The van der Waals surface area contributed by atoms with Gasteiger partial charge in [0.2, 0.25) is 5.91 Å². The Morgan fingerprint density at radius 1 is 1.62 bits per heavy atom. The van der Waals surface area contributed by atoms with Crippen molar-refractivity contribution < 1.29 is 4.79 Å². The molecule has 1 aromatic heterocycles. The zero-order valence-corrected chi connectivity index (χ0v) is 9.79. The molecule has 0 saturated heterocycles. The van der Waals surface area contributed by atoms with Crippen molar-refractivity contribution in [1.29, 1.82) is 0 Å². The van der Waals surface area contributed by atoms with Gasteiger partial charge in [0.25, 0.3) is 0 Å². The molecule has 1 heterocycles. The lowest BCUT2D eigenvalue weighted by Gasteiger charge is -2.17. The molecule has 4 N–H and O–H groups in total. The highest BCUT2D eigenvalue weighted by Gasteiger charge is 2.12. The maximum atomic E-state index is 11.4. The average Bonchev–Trinajstić information content (AvgIpc) is 2.66. The van der Waals surface area contributed by atoms with Crippen LogP contribution in [-0.4, -0.2) is 33.2 Å². The Morgan fingerprint density at radius 3 is 2.94 bits per heavy atom. The molecular formula is C10H19N5O. The van der Waals surface area contributed by atoms with Crippen LogP contribution in [0.4, 0.5) is 0 Å². The van der Waals surface area contributed by atoms with Crippen molar-refractivity contribution in [2.75, 3.05) is 6.54 Å². The van der Waals surface area contributed by atoms with Crippen molar-refractivity contribution in [3.63, 3.8) is 0 Å². The lowest BCUT2D eigenvalue weighted by molar-refractivity contribution is -0.121. The fourth-order valence-corrected chi connectivity index (χ4v) is 1.20. The van der Waals surface area contributed by atoms with Crippen LogP contribution < -0.4 is 11.1 Å². The van der Waals surface area contributed by atoms with Gasteiger partial charge in [0.05, 0.1) is 0 Å². The van der Waals surface area contributed by atoms with Crippen molar-refractivity contribution in [3.05, 3.63) is 12.2 Å². The van der Waals surface area contributed by atoms with Gasteiger partial charge in [-0.2, -0.15) is 5.10 Å². The minimum Gasteiger partial charge on any atom is -0.356 e. The number of hydrogen-bond acceptors (Lipinski definition) is 4. The van der Waals surface area contributed by atoms with Crippen LogP contribution >= 0.6 is 0 Å². The molecular weight excluding hydrogens is 206 g/mol. The quantitative estimate of drug-likeness (QED) is 0.634. The van der Waals surface area contributed by atoms with Gasteiger partial charge in [-0.15, -0.1) is 0 Å². The highest BCUT2D eigenvalue weighted by atomic mass is 16.1. The third kappa shape index (κ3) is 5.45. The standard InChI is InChI=1S/C10H19N5O/c1-10(2,11)5-3-9(16)12-6-4-8-13-7-14-15-8/h7H,3-6,11H2,1-2H3,(H,12,16)(H,13,14,15). The Bertz CT molecular complexity index is 314. The summed E-state index contributed by atoms with van der Waals surface area (Å²) < 4.78 is 0. The number of rotatable bonds is 6. The molecule has 1 aromatic rings. The molecule has 0 aliphatic carbocycles. The van der Waals surface area contributed by atoms with E-state index in [1.807, 2.05) is 13.8 Å². The Balaban J connectivity index is 2.11. The van der Waals surface area contributed by atoms with Crippen LogP contribution in [-0.2, 0) is 11.2 Å². The van der Waals surface area contributed by atoms with E-state index in [2.05, 4.69) is 20.5 Å². The van der Waals surface area contributed by atoms with Crippen LogP contribution in [0.3, 0.4) is 0 Å². The lowest BCUT2D eigenvalue weighted by atomic mass is 10.00. The second kappa shape index (κ2) is 5.60. The van der Waals surface area contributed by atoms with Crippen molar-refractivity contribution in [2.24, 2.45) is 5.73 Å². The van der Waals surface area contributed by atoms with Crippen molar-refractivity contribution in [1.82, 2.24) is 20.5 Å². The highest BCUT2D eigenvalue weighted by molar-refractivity contribution is 5.75. The van der Waals surface area contributed by atoms with E-state index in [1.54, 1.807) is 0 Å². The summed E-state index contributed by atoms with van der Waals surface area (Å²) in [5.41, 5.74) is 5.50. The molecule has 0 aliphatic rings. The first-order chi connectivity index (χ1) is 7.47. The van der Waals surface area contributed by atoms with E-state index in [0.29, 0.717) is 25.8 Å². The van der Waals surface area contributed by atoms with Gasteiger partial charge in [-0.05, 0) is 20.3 Å². The third-order valence-corrected chi connectivity index (χ3v) is 2.15. The lowest BCUT2D eigenvalue weighted by Crippen LogP contribution is -2.34. The first-order valence-electron chi connectivity index (χ1n) is 5.37. The molecule has 90 valence electrons. The average molecular weight is 225 g/mol.